The molecule has 1 saturated heterocycles. The van der Waals surface area contributed by atoms with Crippen molar-refractivity contribution < 1.29 is 14.0 Å². The Morgan fingerprint density at radius 3 is 2.83 bits per heavy atom. The van der Waals surface area contributed by atoms with Crippen molar-refractivity contribution in [2.24, 2.45) is 13.0 Å². The monoisotopic (exact) mass is 488 g/mol. The predicted molar refractivity (Wildman–Crippen MR) is 134 cm³/mol. The second-order valence-electron chi connectivity index (χ2n) is 9.47. The first kappa shape index (κ1) is 22.0. The minimum Gasteiger partial charge on any atom is -0.350 e. The molecule has 2 fully saturated rings. The molecule has 3 atom stereocenters. The number of fused-ring (bicyclic) bond motifs is 2. The molecule has 1 aliphatic heterocycles. The van der Waals surface area contributed by atoms with Crippen molar-refractivity contribution in [3.63, 3.8) is 0 Å². The van der Waals surface area contributed by atoms with Crippen molar-refractivity contribution in [3.05, 3.63) is 76.8 Å². The maximum atomic E-state index is 13.9. The van der Waals surface area contributed by atoms with Gasteiger partial charge < -0.3 is 14.8 Å². The van der Waals surface area contributed by atoms with Crippen molar-refractivity contribution in [3.8, 4) is 10.4 Å². The van der Waals surface area contributed by atoms with Crippen molar-refractivity contribution in [2.45, 2.75) is 31.8 Å². The van der Waals surface area contributed by atoms with E-state index in [1.54, 1.807) is 12.1 Å². The number of rotatable bonds is 5. The topological polar surface area (TPSA) is 67.2 Å². The number of aryl methyl sites for hydroxylation is 2. The molecule has 2 amide bonds. The molecule has 35 heavy (non-hydrogen) atoms. The molecule has 1 aliphatic carbocycles. The van der Waals surface area contributed by atoms with Gasteiger partial charge in [-0.2, -0.15) is 0 Å². The number of amides is 2. The van der Waals surface area contributed by atoms with Crippen LogP contribution in [0.25, 0.3) is 21.3 Å². The van der Waals surface area contributed by atoms with Gasteiger partial charge in [-0.05, 0) is 49.4 Å². The number of nitrogens with zero attached hydrogens (tertiary/aromatic N) is 3. The van der Waals surface area contributed by atoms with E-state index in [0.29, 0.717) is 34.2 Å². The molecule has 0 bridgehead atoms. The van der Waals surface area contributed by atoms with Gasteiger partial charge in [0.15, 0.2) is 0 Å². The maximum absolute atomic E-state index is 13.9. The molecule has 6 rings (SSSR count). The lowest BCUT2D eigenvalue weighted by Gasteiger charge is -2.27. The fraction of sp³-hybridized carbons (Fsp3) is 0.296. The molecule has 0 radical (unpaired) electrons. The summed E-state index contributed by atoms with van der Waals surface area (Å²) in [6, 6.07) is 14.2. The summed E-state index contributed by atoms with van der Waals surface area (Å²) >= 11 is 1.40. The fourth-order valence-corrected chi connectivity index (χ4v) is 6.31. The molecule has 3 heterocycles. The summed E-state index contributed by atoms with van der Waals surface area (Å²) < 4.78 is 15.8. The first-order valence-electron chi connectivity index (χ1n) is 11.8. The predicted octanol–water partition coefficient (Wildman–Crippen LogP) is 4.78. The Morgan fingerprint density at radius 2 is 2.00 bits per heavy atom. The smallest absolute Gasteiger partial charge is 0.274 e. The van der Waals surface area contributed by atoms with E-state index in [-0.39, 0.29) is 29.7 Å². The Morgan fingerprint density at radius 1 is 1.17 bits per heavy atom. The molecular weight excluding hydrogens is 463 g/mol. The number of carbonyl (C=O) groups excluding carboxylic acids is 2. The number of para-hydroxylation sites is 1. The molecule has 6 nitrogen and oxygen atoms in total. The van der Waals surface area contributed by atoms with Crippen LogP contribution in [-0.2, 0) is 7.05 Å². The summed E-state index contributed by atoms with van der Waals surface area (Å²) in [5, 5.41) is 4.74. The van der Waals surface area contributed by atoms with Crippen molar-refractivity contribution >= 4 is 34.1 Å². The molecule has 2 aromatic carbocycles. The lowest BCUT2D eigenvalue weighted by molar-refractivity contribution is 0.0684. The Balaban J connectivity index is 1.23. The molecule has 0 spiro atoms. The lowest BCUT2D eigenvalue weighted by Crippen LogP contribution is -2.45. The van der Waals surface area contributed by atoms with E-state index in [2.05, 4.69) is 10.3 Å². The number of nitrogens with one attached hydrogen (secondary N) is 1. The summed E-state index contributed by atoms with van der Waals surface area (Å²) in [6.07, 6.45) is 3.70. The average molecular weight is 489 g/mol. The highest BCUT2D eigenvalue weighted by Crippen LogP contribution is 2.48. The second-order valence-corrected chi connectivity index (χ2v) is 10.7. The standard InChI is InChI=1S/C27H25FN4O2S/c1-15-30-24(25(35-15)16-6-5-7-18(28)10-16)27(34)32-19(11-17-12-23(17)32)13-29-26(33)21-14-31(2)22-9-4-3-8-20(21)22/h3-10,14,17,19,23H,11-13H2,1-2H3,(H,29,33)/t17?,19-,23?/m0/s1. The summed E-state index contributed by atoms with van der Waals surface area (Å²) in [5.74, 6) is -0.150. The van der Waals surface area contributed by atoms with Crippen molar-refractivity contribution in [1.82, 2.24) is 19.8 Å². The number of likely N-dealkylation sites (tertiary alicyclic amines) is 1. The first-order valence-corrected chi connectivity index (χ1v) is 12.6. The molecular formula is C27H25FN4O2S. The second kappa shape index (κ2) is 8.30. The van der Waals surface area contributed by atoms with Crippen LogP contribution in [0.5, 0.6) is 0 Å². The minimum absolute atomic E-state index is 0.0902. The van der Waals surface area contributed by atoms with Gasteiger partial charge in [0, 0.05) is 36.7 Å². The molecule has 2 aliphatic rings. The summed E-state index contributed by atoms with van der Waals surface area (Å²) in [6.45, 7) is 2.25. The number of thiazole rings is 1. The van der Waals surface area contributed by atoms with Gasteiger partial charge in [0.25, 0.3) is 11.8 Å². The van der Waals surface area contributed by atoms with Crippen molar-refractivity contribution in [1.29, 1.82) is 0 Å². The van der Waals surface area contributed by atoms with E-state index >= 15 is 0 Å². The van der Waals surface area contributed by atoms with Crippen LogP contribution in [0.2, 0.25) is 0 Å². The highest BCUT2D eigenvalue weighted by molar-refractivity contribution is 7.15. The number of carbonyl (C=O) groups is 2. The number of halogens is 1. The van der Waals surface area contributed by atoms with Gasteiger partial charge in [-0.15, -0.1) is 11.3 Å². The van der Waals surface area contributed by atoms with Gasteiger partial charge in [0.1, 0.15) is 11.5 Å². The zero-order valence-electron chi connectivity index (χ0n) is 19.5. The van der Waals surface area contributed by atoms with Gasteiger partial charge >= 0.3 is 0 Å². The van der Waals surface area contributed by atoms with Crippen molar-refractivity contribution in [2.75, 3.05) is 6.54 Å². The van der Waals surface area contributed by atoms with E-state index < -0.39 is 0 Å². The molecule has 1 N–H and O–H groups in total. The normalized spacial score (nSPS) is 20.8. The molecule has 1 saturated carbocycles. The van der Waals surface area contributed by atoms with Gasteiger partial charge in [-0.3, -0.25) is 9.59 Å². The van der Waals surface area contributed by atoms with E-state index in [1.807, 2.05) is 53.9 Å². The number of hydrogen-bond donors (Lipinski definition) is 1. The van der Waals surface area contributed by atoms with E-state index in [9.17, 15) is 14.0 Å². The van der Waals surface area contributed by atoms with Gasteiger partial charge in [-0.25, -0.2) is 9.37 Å². The molecule has 2 unspecified atom stereocenters. The van der Waals surface area contributed by atoms with Crippen LogP contribution in [-0.4, -0.2) is 44.9 Å². The number of piperidine rings is 1. The number of benzene rings is 2. The molecule has 178 valence electrons. The highest BCUT2D eigenvalue weighted by Gasteiger charge is 2.54. The highest BCUT2D eigenvalue weighted by atomic mass is 32.1. The fourth-order valence-electron chi connectivity index (χ4n) is 5.41. The van der Waals surface area contributed by atoms with E-state index in [4.69, 9.17) is 0 Å². The SMILES string of the molecule is Cc1nc(C(=O)N2C3CC3C[C@H]2CNC(=O)c2cn(C)c3ccccc23)c(-c2cccc(F)c2)s1. The quantitative estimate of drug-likeness (QED) is 0.440. The largest absolute Gasteiger partial charge is 0.350 e. The Kier molecular flexibility index (Phi) is 5.21. The summed E-state index contributed by atoms with van der Waals surface area (Å²) in [5.41, 5.74) is 2.66. The lowest BCUT2D eigenvalue weighted by atomic mass is 10.1. The van der Waals surface area contributed by atoms with Crippen LogP contribution in [0.1, 0.15) is 38.7 Å². The third kappa shape index (κ3) is 3.82. The zero-order valence-corrected chi connectivity index (χ0v) is 20.3. The van der Waals surface area contributed by atoms with Crippen LogP contribution >= 0.6 is 11.3 Å². The molecule has 4 aromatic rings. The van der Waals surface area contributed by atoms with Gasteiger partial charge in [0.2, 0.25) is 0 Å². The minimum atomic E-state index is -0.343. The van der Waals surface area contributed by atoms with E-state index in [1.165, 1.54) is 23.5 Å². The first-order chi connectivity index (χ1) is 16.9. The van der Waals surface area contributed by atoms with E-state index in [0.717, 1.165) is 28.8 Å². The maximum Gasteiger partial charge on any atom is 0.274 e. The average Bonchev–Trinajstić information content (AvgIpc) is 3.18. The third-order valence-electron chi connectivity index (χ3n) is 7.11. The molecule has 2 aromatic heterocycles. The van der Waals surface area contributed by atoms with Crippen LogP contribution in [0.3, 0.4) is 0 Å². The zero-order chi connectivity index (χ0) is 24.3. The Bertz CT molecular complexity index is 1480. The third-order valence-corrected chi connectivity index (χ3v) is 8.13. The van der Waals surface area contributed by atoms with Crippen LogP contribution in [0.4, 0.5) is 4.39 Å². The Labute approximate surface area is 206 Å². The summed E-state index contributed by atoms with van der Waals surface area (Å²) in [4.78, 5) is 33.9. The molecule has 8 heteroatoms. The number of hydrogen-bond acceptors (Lipinski definition) is 4. The van der Waals surface area contributed by atoms with Gasteiger partial charge in [-0.1, -0.05) is 30.3 Å². The van der Waals surface area contributed by atoms with Crippen LogP contribution in [0, 0.1) is 18.7 Å². The van der Waals surface area contributed by atoms with Crippen LogP contribution in [0.15, 0.2) is 54.7 Å². The van der Waals surface area contributed by atoms with Gasteiger partial charge in [0.05, 0.1) is 21.5 Å². The van der Waals surface area contributed by atoms with Crippen LogP contribution < -0.4 is 5.32 Å². The summed E-state index contributed by atoms with van der Waals surface area (Å²) in [7, 11) is 1.93. The Hall–Kier alpha value is -3.52. The number of aromatic nitrogens is 2.